The first-order valence-corrected chi connectivity index (χ1v) is 6.49. The zero-order valence-corrected chi connectivity index (χ0v) is 10.8. The van der Waals surface area contributed by atoms with Gasteiger partial charge in [-0.05, 0) is 36.6 Å². The monoisotopic (exact) mass is 254 g/mol. The maximum atomic E-state index is 13.4. The molecule has 1 aliphatic heterocycles. The maximum absolute atomic E-state index is 13.4. The molecule has 2 nitrogen and oxygen atoms in total. The number of nitrogens with zero attached hydrogens (tertiary/aromatic N) is 1. The molecular formula is C14H20F2N2. The third-order valence-corrected chi connectivity index (χ3v) is 3.58. The Kier molecular flexibility index (Phi) is 4.66. The lowest BCUT2D eigenvalue weighted by Gasteiger charge is -2.35. The molecule has 1 heterocycles. The van der Waals surface area contributed by atoms with E-state index >= 15 is 0 Å². The number of halogens is 2. The Morgan fingerprint density at radius 1 is 1.33 bits per heavy atom. The van der Waals surface area contributed by atoms with Crippen molar-refractivity contribution in [3.63, 3.8) is 0 Å². The van der Waals surface area contributed by atoms with Gasteiger partial charge in [0.05, 0.1) is 6.67 Å². The van der Waals surface area contributed by atoms with Gasteiger partial charge in [-0.15, -0.1) is 0 Å². The smallest absolute Gasteiger partial charge is 0.123 e. The van der Waals surface area contributed by atoms with Gasteiger partial charge in [0.1, 0.15) is 5.82 Å². The molecule has 18 heavy (non-hydrogen) atoms. The van der Waals surface area contributed by atoms with Gasteiger partial charge in [0.15, 0.2) is 0 Å². The lowest BCUT2D eigenvalue weighted by molar-refractivity contribution is 0.157. The van der Waals surface area contributed by atoms with E-state index in [9.17, 15) is 8.78 Å². The molecule has 1 aliphatic rings. The van der Waals surface area contributed by atoms with Crippen LogP contribution in [0.5, 0.6) is 0 Å². The fourth-order valence-corrected chi connectivity index (χ4v) is 2.60. The number of aryl methyl sites for hydroxylation is 1. The number of piperazine rings is 1. The third-order valence-electron chi connectivity index (χ3n) is 3.58. The van der Waals surface area contributed by atoms with Crippen LogP contribution in [-0.4, -0.2) is 37.8 Å². The van der Waals surface area contributed by atoms with Gasteiger partial charge in [0, 0.05) is 32.2 Å². The summed E-state index contributed by atoms with van der Waals surface area (Å²) in [6, 6.07) is 4.78. The second kappa shape index (κ2) is 6.25. The summed E-state index contributed by atoms with van der Waals surface area (Å²) in [5.41, 5.74) is 1.96. The fourth-order valence-electron chi connectivity index (χ4n) is 2.60. The quantitative estimate of drug-likeness (QED) is 0.888. The van der Waals surface area contributed by atoms with Gasteiger partial charge in [-0.25, -0.2) is 4.39 Å². The number of nitrogens with one attached hydrogen (secondary N) is 1. The van der Waals surface area contributed by atoms with Gasteiger partial charge in [-0.2, -0.15) is 0 Å². The summed E-state index contributed by atoms with van der Waals surface area (Å²) in [5.74, 6) is -0.241. The number of rotatable bonds is 4. The predicted molar refractivity (Wildman–Crippen MR) is 68.9 cm³/mol. The van der Waals surface area contributed by atoms with E-state index in [1.807, 2.05) is 6.92 Å². The topological polar surface area (TPSA) is 15.3 Å². The molecule has 1 aromatic carbocycles. The maximum Gasteiger partial charge on any atom is 0.123 e. The molecule has 1 fully saturated rings. The van der Waals surface area contributed by atoms with E-state index in [1.54, 1.807) is 12.1 Å². The highest BCUT2D eigenvalue weighted by Crippen LogP contribution is 2.28. The van der Waals surface area contributed by atoms with Crippen LogP contribution in [0.2, 0.25) is 0 Å². The molecule has 0 spiro atoms. The van der Waals surface area contributed by atoms with Crippen molar-refractivity contribution in [2.24, 2.45) is 0 Å². The van der Waals surface area contributed by atoms with E-state index < -0.39 is 0 Å². The molecule has 0 radical (unpaired) electrons. The van der Waals surface area contributed by atoms with Crippen molar-refractivity contribution < 1.29 is 8.78 Å². The Balaban J connectivity index is 2.24. The Morgan fingerprint density at radius 2 is 2.06 bits per heavy atom. The molecule has 1 atom stereocenters. The van der Waals surface area contributed by atoms with E-state index in [4.69, 9.17) is 0 Å². The molecule has 2 rings (SSSR count). The van der Waals surface area contributed by atoms with Gasteiger partial charge < -0.3 is 5.32 Å². The van der Waals surface area contributed by atoms with Crippen molar-refractivity contribution in [3.8, 4) is 0 Å². The van der Waals surface area contributed by atoms with E-state index in [0.29, 0.717) is 6.42 Å². The van der Waals surface area contributed by atoms with Crippen LogP contribution in [0.1, 0.15) is 23.6 Å². The van der Waals surface area contributed by atoms with E-state index in [-0.39, 0.29) is 18.5 Å². The van der Waals surface area contributed by atoms with Crippen LogP contribution in [0.3, 0.4) is 0 Å². The van der Waals surface area contributed by atoms with E-state index in [0.717, 1.165) is 37.3 Å². The summed E-state index contributed by atoms with van der Waals surface area (Å²) in [5, 5.41) is 3.28. The predicted octanol–water partition coefficient (Wildman–Crippen LogP) is 2.44. The molecule has 1 aromatic rings. The summed E-state index contributed by atoms with van der Waals surface area (Å²) in [6.07, 6.45) is 0.435. The van der Waals surface area contributed by atoms with Crippen LogP contribution in [0, 0.1) is 12.7 Å². The van der Waals surface area contributed by atoms with Gasteiger partial charge in [-0.3, -0.25) is 9.29 Å². The van der Waals surface area contributed by atoms with Crippen molar-refractivity contribution in [1.29, 1.82) is 0 Å². The largest absolute Gasteiger partial charge is 0.314 e. The lowest BCUT2D eigenvalue weighted by atomic mass is 9.97. The fraction of sp³-hybridized carbons (Fsp3) is 0.571. The standard InChI is InChI=1S/C14H20F2N2/c1-11-2-3-12(16)10-13(11)14(4-5-15)18-8-6-17-7-9-18/h2-3,10,14,17H,4-9H2,1H3/t14-/m1/s1. The highest BCUT2D eigenvalue weighted by atomic mass is 19.1. The zero-order valence-electron chi connectivity index (χ0n) is 10.8. The molecule has 100 valence electrons. The van der Waals surface area contributed by atoms with E-state index in [1.165, 1.54) is 6.07 Å². The first-order valence-electron chi connectivity index (χ1n) is 6.49. The Bertz CT molecular complexity index is 389. The summed E-state index contributed by atoms with van der Waals surface area (Å²) in [4.78, 5) is 2.25. The molecule has 0 aliphatic carbocycles. The van der Waals surface area contributed by atoms with Gasteiger partial charge in [0.2, 0.25) is 0 Å². The molecule has 4 heteroatoms. The average Bonchev–Trinajstić information content (AvgIpc) is 2.40. The normalized spacial score (nSPS) is 18.8. The minimum Gasteiger partial charge on any atom is -0.314 e. The number of hydrogen-bond donors (Lipinski definition) is 1. The Hall–Kier alpha value is -1.00. The van der Waals surface area contributed by atoms with Crippen molar-refractivity contribution in [1.82, 2.24) is 10.2 Å². The third kappa shape index (κ3) is 3.06. The van der Waals surface area contributed by atoms with Crippen molar-refractivity contribution in [2.45, 2.75) is 19.4 Å². The molecule has 1 saturated heterocycles. The molecule has 0 aromatic heterocycles. The summed E-state index contributed by atoms with van der Waals surface area (Å²) >= 11 is 0. The Labute approximate surface area is 107 Å². The first kappa shape index (κ1) is 13.4. The highest BCUT2D eigenvalue weighted by Gasteiger charge is 2.23. The second-order valence-electron chi connectivity index (χ2n) is 4.78. The lowest BCUT2D eigenvalue weighted by Crippen LogP contribution is -2.45. The van der Waals surface area contributed by atoms with Crippen LogP contribution in [0.15, 0.2) is 18.2 Å². The minimum atomic E-state index is -0.370. The van der Waals surface area contributed by atoms with E-state index in [2.05, 4.69) is 10.2 Å². The second-order valence-corrected chi connectivity index (χ2v) is 4.78. The average molecular weight is 254 g/mol. The van der Waals surface area contributed by atoms with Gasteiger partial charge in [0.25, 0.3) is 0 Å². The number of hydrogen-bond acceptors (Lipinski definition) is 2. The molecule has 0 unspecified atom stereocenters. The molecular weight excluding hydrogens is 234 g/mol. The van der Waals surface area contributed by atoms with Crippen LogP contribution >= 0.6 is 0 Å². The van der Waals surface area contributed by atoms with Crippen LogP contribution in [0.4, 0.5) is 8.78 Å². The Morgan fingerprint density at radius 3 is 2.72 bits per heavy atom. The SMILES string of the molecule is Cc1ccc(F)cc1[C@@H](CCF)N1CCNCC1. The zero-order chi connectivity index (χ0) is 13.0. The van der Waals surface area contributed by atoms with Crippen LogP contribution in [0.25, 0.3) is 0 Å². The minimum absolute atomic E-state index is 0.00667. The van der Waals surface area contributed by atoms with Crippen LogP contribution < -0.4 is 5.32 Å². The molecule has 0 saturated carbocycles. The molecule has 0 bridgehead atoms. The van der Waals surface area contributed by atoms with Crippen molar-refractivity contribution in [2.75, 3.05) is 32.9 Å². The summed E-state index contributed by atoms with van der Waals surface area (Å²) < 4.78 is 26.2. The van der Waals surface area contributed by atoms with Gasteiger partial charge >= 0.3 is 0 Å². The van der Waals surface area contributed by atoms with Gasteiger partial charge in [-0.1, -0.05) is 6.07 Å². The summed E-state index contributed by atoms with van der Waals surface area (Å²) in [6.45, 7) is 5.20. The molecule has 0 amide bonds. The molecule has 1 N–H and O–H groups in total. The number of benzene rings is 1. The number of alkyl halides is 1. The van der Waals surface area contributed by atoms with Crippen molar-refractivity contribution >= 4 is 0 Å². The highest BCUT2D eigenvalue weighted by molar-refractivity contribution is 5.29. The van der Waals surface area contributed by atoms with Crippen LogP contribution in [-0.2, 0) is 0 Å². The first-order chi connectivity index (χ1) is 8.72. The van der Waals surface area contributed by atoms with Crippen molar-refractivity contribution in [3.05, 3.63) is 35.1 Å². The summed E-state index contributed by atoms with van der Waals surface area (Å²) in [7, 11) is 0.